The second-order valence-corrected chi connectivity index (χ2v) is 8.80. The van der Waals surface area contributed by atoms with Crippen molar-refractivity contribution < 1.29 is 0 Å². The van der Waals surface area contributed by atoms with Gasteiger partial charge in [0.05, 0.1) is 11.9 Å². The van der Waals surface area contributed by atoms with Crippen LogP contribution in [-0.2, 0) is 0 Å². The van der Waals surface area contributed by atoms with E-state index in [-0.39, 0.29) is 0 Å². The van der Waals surface area contributed by atoms with Crippen molar-refractivity contribution in [1.82, 2.24) is 24.0 Å². The molecule has 1 fully saturated rings. The Bertz CT molecular complexity index is 1070. The Morgan fingerprint density at radius 1 is 0.964 bits per heavy atom. The molecule has 0 N–H and O–H groups in total. The van der Waals surface area contributed by atoms with Gasteiger partial charge < -0.3 is 9.80 Å². The molecule has 0 atom stereocenters. The van der Waals surface area contributed by atoms with E-state index in [1.807, 2.05) is 41.9 Å². The van der Waals surface area contributed by atoms with E-state index in [1.165, 1.54) is 11.5 Å². The van der Waals surface area contributed by atoms with E-state index in [0.717, 1.165) is 69.9 Å². The molecule has 1 aromatic carbocycles. The van der Waals surface area contributed by atoms with Gasteiger partial charge in [0.25, 0.3) is 0 Å². The third kappa shape index (κ3) is 3.45. The first kappa shape index (κ1) is 17.8. The van der Waals surface area contributed by atoms with Gasteiger partial charge in [-0.05, 0) is 25.5 Å². The Balaban J connectivity index is 1.33. The number of rotatable bonds is 3. The molecule has 7 nitrogen and oxygen atoms in total. The zero-order chi connectivity index (χ0) is 19.1. The number of hydrogen-bond donors (Lipinski definition) is 0. The Hall–Kier alpha value is -2.23. The van der Waals surface area contributed by atoms with Crippen LogP contribution in [0.1, 0.15) is 12.2 Å². The topological polar surface area (TPSA) is 62.5 Å². The predicted molar refractivity (Wildman–Crippen MR) is 115 cm³/mol. The fourth-order valence-corrected chi connectivity index (χ4v) is 5.08. The van der Waals surface area contributed by atoms with Crippen LogP contribution in [0, 0.1) is 6.92 Å². The summed E-state index contributed by atoms with van der Waals surface area (Å²) in [7, 11) is 0. The SMILES string of the molecule is Cc1nsc(N2CCCN(c3nn4cc(-c5ccc(Cl)cc5)nc4s3)CC2)n1. The number of benzene rings is 1. The number of hydrogen-bond acceptors (Lipinski definition) is 8. The highest BCUT2D eigenvalue weighted by molar-refractivity contribution is 7.20. The number of fused-ring (bicyclic) bond motifs is 1. The molecule has 0 amide bonds. The van der Waals surface area contributed by atoms with Gasteiger partial charge in [0.15, 0.2) is 0 Å². The molecule has 0 radical (unpaired) electrons. The first-order valence-corrected chi connectivity index (χ1v) is 11.0. The van der Waals surface area contributed by atoms with E-state index in [1.54, 1.807) is 11.3 Å². The Kier molecular flexibility index (Phi) is 4.65. The van der Waals surface area contributed by atoms with E-state index in [9.17, 15) is 0 Å². The van der Waals surface area contributed by atoms with Crippen molar-refractivity contribution in [2.75, 3.05) is 36.0 Å². The van der Waals surface area contributed by atoms with Crippen LogP contribution < -0.4 is 9.80 Å². The molecule has 1 saturated heterocycles. The zero-order valence-corrected chi connectivity index (χ0v) is 17.6. The average Bonchev–Trinajstić information content (AvgIpc) is 3.33. The molecule has 144 valence electrons. The van der Waals surface area contributed by atoms with Crippen LogP contribution in [0.3, 0.4) is 0 Å². The lowest BCUT2D eigenvalue weighted by Gasteiger charge is -2.20. The van der Waals surface area contributed by atoms with E-state index in [2.05, 4.69) is 19.2 Å². The van der Waals surface area contributed by atoms with Gasteiger partial charge in [-0.1, -0.05) is 35.1 Å². The summed E-state index contributed by atoms with van der Waals surface area (Å²) in [6.07, 6.45) is 3.04. The molecule has 0 aliphatic carbocycles. The number of aromatic nitrogens is 5. The molecule has 5 rings (SSSR count). The summed E-state index contributed by atoms with van der Waals surface area (Å²) in [5.41, 5.74) is 1.96. The molecule has 1 aliphatic heterocycles. The van der Waals surface area contributed by atoms with Crippen LogP contribution in [-0.4, -0.2) is 50.1 Å². The number of aryl methyl sites for hydroxylation is 1. The molecule has 10 heteroatoms. The van der Waals surface area contributed by atoms with Gasteiger partial charge in [0.2, 0.25) is 15.2 Å². The monoisotopic (exact) mass is 431 g/mol. The van der Waals surface area contributed by atoms with Crippen LogP contribution in [0.4, 0.5) is 10.3 Å². The second-order valence-electron chi connectivity index (χ2n) is 6.70. The van der Waals surface area contributed by atoms with Gasteiger partial charge >= 0.3 is 0 Å². The Labute approximate surface area is 175 Å². The summed E-state index contributed by atoms with van der Waals surface area (Å²) in [5, 5.41) is 7.53. The smallest absolute Gasteiger partial charge is 0.214 e. The Morgan fingerprint density at radius 3 is 2.39 bits per heavy atom. The first-order valence-electron chi connectivity index (χ1n) is 9.08. The van der Waals surface area contributed by atoms with Crippen molar-refractivity contribution in [1.29, 1.82) is 0 Å². The summed E-state index contributed by atoms with van der Waals surface area (Å²) >= 11 is 9.08. The minimum atomic E-state index is 0.726. The minimum Gasteiger partial charge on any atom is -0.345 e. The normalized spacial score (nSPS) is 15.4. The summed E-state index contributed by atoms with van der Waals surface area (Å²) < 4.78 is 6.18. The lowest BCUT2D eigenvalue weighted by molar-refractivity contribution is 0.792. The maximum atomic E-state index is 5.98. The number of imidazole rings is 1. The lowest BCUT2D eigenvalue weighted by Crippen LogP contribution is -2.30. The van der Waals surface area contributed by atoms with Crippen LogP contribution in [0.2, 0.25) is 5.02 Å². The van der Waals surface area contributed by atoms with Gasteiger partial charge in [-0.25, -0.2) is 14.5 Å². The van der Waals surface area contributed by atoms with Crippen molar-refractivity contribution in [3.05, 3.63) is 41.3 Å². The largest absolute Gasteiger partial charge is 0.345 e. The molecule has 28 heavy (non-hydrogen) atoms. The summed E-state index contributed by atoms with van der Waals surface area (Å²) in [6.45, 7) is 5.75. The molecule has 0 unspecified atom stereocenters. The first-order chi connectivity index (χ1) is 13.7. The van der Waals surface area contributed by atoms with Gasteiger partial charge in [-0.3, -0.25) is 0 Å². The van der Waals surface area contributed by atoms with E-state index in [0.29, 0.717) is 0 Å². The average molecular weight is 432 g/mol. The predicted octanol–water partition coefficient (Wildman–Crippen LogP) is 3.99. The number of anilines is 2. The fourth-order valence-electron chi connectivity index (χ4n) is 3.29. The van der Waals surface area contributed by atoms with E-state index in [4.69, 9.17) is 21.7 Å². The highest BCUT2D eigenvalue weighted by atomic mass is 35.5. The molecule has 0 spiro atoms. The van der Waals surface area contributed by atoms with Crippen molar-refractivity contribution in [2.45, 2.75) is 13.3 Å². The lowest BCUT2D eigenvalue weighted by atomic mass is 10.2. The fraction of sp³-hybridized carbons (Fsp3) is 0.333. The van der Waals surface area contributed by atoms with Crippen LogP contribution in [0.15, 0.2) is 30.5 Å². The molecule has 4 aromatic rings. The van der Waals surface area contributed by atoms with Gasteiger partial charge in [0.1, 0.15) is 5.82 Å². The highest BCUT2D eigenvalue weighted by Gasteiger charge is 2.21. The van der Waals surface area contributed by atoms with Crippen molar-refractivity contribution >= 4 is 49.7 Å². The van der Waals surface area contributed by atoms with Crippen molar-refractivity contribution in [3.8, 4) is 11.3 Å². The maximum Gasteiger partial charge on any atom is 0.214 e. The molecular formula is C18H18ClN7S2. The molecule has 1 aliphatic rings. The van der Waals surface area contributed by atoms with Gasteiger partial charge in [0, 0.05) is 48.3 Å². The van der Waals surface area contributed by atoms with Gasteiger partial charge in [-0.2, -0.15) is 4.37 Å². The van der Waals surface area contributed by atoms with Crippen molar-refractivity contribution in [3.63, 3.8) is 0 Å². The van der Waals surface area contributed by atoms with Crippen LogP contribution in [0.5, 0.6) is 0 Å². The number of nitrogens with zero attached hydrogens (tertiary/aromatic N) is 7. The summed E-state index contributed by atoms with van der Waals surface area (Å²) in [4.78, 5) is 14.8. The second kappa shape index (κ2) is 7.31. The zero-order valence-electron chi connectivity index (χ0n) is 15.2. The third-order valence-corrected chi connectivity index (χ3v) is 6.83. The molecular weight excluding hydrogens is 414 g/mol. The standard InChI is InChI=1S/C18H18ClN7S2/c1-12-20-16(28-23-12)24-7-2-8-25(10-9-24)18-22-26-11-15(21-17(26)27-18)13-3-5-14(19)6-4-13/h3-6,11H,2,7-10H2,1H3. The third-order valence-electron chi connectivity index (χ3n) is 4.73. The van der Waals surface area contributed by atoms with E-state index < -0.39 is 0 Å². The van der Waals surface area contributed by atoms with Crippen LogP contribution >= 0.6 is 34.5 Å². The minimum absolute atomic E-state index is 0.726. The quantitative estimate of drug-likeness (QED) is 0.488. The summed E-state index contributed by atoms with van der Waals surface area (Å²) in [6, 6.07) is 7.72. The summed E-state index contributed by atoms with van der Waals surface area (Å²) in [5.74, 6) is 0.846. The van der Waals surface area contributed by atoms with Crippen molar-refractivity contribution in [2.24, 2.45) is 0 Å². The maximum absolute atomic E-state index is 5.98. The molecule has 4 heterocycles. The van der Waals surface area contributed by atoms with Gasteiger partial charge in [-0.15, -0.1) is 5.10 Å². The highest BCUT2D eigenvalue weighted by Crippen LogP contribution is 2.28. The molecule has 3 aromatic heterocycles. The van der Waals surface area contributed by atoms with E-state index >= 15 is 0 Å². The number of halogens is 1. The van der Waals surface area contributed by atoms with Crippen LogP contribution in [0.25, 0.3) is 16.2 Å². The molecule has 0 saturated carbocycles. The Morgan fingerprint density at radius 2 is 1.71 bits per heavy atom. The molecule has 0 bridgehead atoms.